The molecular weight excluding hydrogens is 500 g/mol. The maximum Gasteiger partial charge on any atom is 0.251 e. The van der Waals surface area contributed by atoms with Gasteiger partial charge in [-0.2, -0.15) is 0 Å². The molecule has 6 heteroatoms. The average molecular weight is 535 g/mol. The Labute approximate surface area is 234 Å². The Bertz CT molecular complexity index is 1540. The number of aromatic nitrogens is 1. The highest BCUT2D eigenvalue weighted by molar-refractivity contribution is 7.14. The number of nitrogens with one attached hydrogen (secondary N) is 1. The van der Waals surface area contributed by atoms with Crippen LogP contribution in [-0.2, 0) is 19.6 Å². The second kappa shape index (κ2) is 12.7. The predicted octanol–water partition coefficient (Wildman–Crippen LogP) is 7.16. The smallest absolute Gasteiger partial charge is 0.251 e. The van der Waals surface area contributed by atoms with Gasteiger partial charge in [0.05, 0.1) is 5.69 Å². The Balaban J connectivity index is 1.26. The molecule has 0 saturated heterocycles. The number of hydrogen-bond donors (Lipinski definition) is 2. The number of unbranched alkanes of at least 4 members (excludes halogenated alkanes) is 1. The van der Waals surface area contributed by atoms with Crippen molar-refractivity contribution in [1.29, 1.82) is 0 Å². The normalized spacial score (nSPS) is 11.0. The number of benzene rings is 4. The van der Waals surface area contributed by atoms with Crippen LogP contribution in [-0.4, -0.2) is 17.4 Å². The molecule has 0 bridgehead atoms. The number of carbonyl (C=O) groups excluding carboxylic acids is 1. The van der Waals surface area contributed by atoms with Crippen LogP contribution >= 0.6 is 11.3 Å². The molecule has 0 aliphatic carbocycles. The minimum Gasteiger partial charge on any atom is -0.348 e. The lowest BCUT2D eigenvalue weighted by molar-refractivity contribution is 0.0951. The first kappa shape index (κ1) is 26.6. The number of anilines is 1. The summed E-state index contributed by atoms with van der Waals surface area (Å²) in [6.07, 6.45) is 2.21. The predicted molar refractivity (Wildman–Crippen MR) is 163 cm³/mol. The maximum absolute atomic E-state index is 12.7. The summed E-state index contributed by atoms with van der Waals surface area (Å²) in [4.78, 5) is 20.1. The first-order chi connectivity index (χ1) is 19.1. The van der Waals surface area contributed by atoms with E-state index in [1.165, 1.54) is 10.8 Å². The van der Waals surface area contributed by atoms with Crippen LogP contribution in [0.5, 0.6) is 0 Å². The van der Waals surface area contributed by atoms with Gasteiger partial charge in [-0.15, -0.1) is 11.3 Å². The largest absolute Gasteiger partial charge is 0.348 e. The molecule has 0 aliphatic rings. The lowest BCUT2D eigenvalue weighted by Gasteiger charge is -2.22. The molecule has 0 radical (unpaired) electrons. The van der Waals surface area contributed by atoms with E-state index in [2.05, 4.69) is 65.0 Å². The highest BCUT2D eigenvalue weighted by Gasteiger charge is 2.14. The molecule has 0 atom stereocenters. The number of amides is 1. The van der Waals surface area contributed by atoms with Gasteiger partial charge in [-0.05, 0) is 52.1 Å². The fraction of sp³-hybridized carbons (Fsp3) is 0.212. The average Bonchev–Trinajstić information content (AvgIpc) is 3.48. The quantitative estimate of drug-likeness (QED) is 0.189. The molecule has 0 saturated carbocycles. The van der Waals surface area contributed by atoms with Crippen LogP contribution in [0, 0.1) is 0 Å². The summed E-state index contributed by atoms with van der Waals surface area (Å²) in [7, 11) is 0. The minimum atomic E-state index is -0.0810. The number of carbonyl (C=O) groups is 1. The molecule has 1 heterocycles. The van der Waals surface area contributed by atoms with Crippen LogP contribution in [0.2, 0.25) is 0 Å². The molecule has 198 valence electrons. The lowest BCUT2D eigenvalue weighted by Crippen LogP contribution is -2.24. The molecule has 4 aromatic carbocycles. The van der Waals surface area contributed by atoms with E-state index < -0.39 is 0 Å². The molecule has 3 N–H and O–H groups in total. The van der Waals surface area contributed by atoms with Gasteiger partial charge in [0.15, 0.2) is 5.13 Å². The Hall–Kier alpha value is -4.00. The van der Waals surface area contributed by atoms with Crippen LogP contribution in [0.3, 0.4) is 0 Å². The van der Waals surface area contributed by atoms with E-state index in [-0.39, 0.29) is 5.91 Å². The SMILES string of the molecule is CCCCN(Cc1ccc(C(=O)NCc2cccc(CN)c2)cc1)c1nc(-c2ccc3ccccc3c2)cs1. The zero-order chi connectivity index (χ0) is 27.0. The fourth-order valence-corrected chi connectivity index (χ4v) is 5.48. The zero-order valence-electron chi connectivity index (χ0n) is 22.3. The number of hydrogen-bond acceptors (Lipinski definition) is 5. The Morgan fingerprint density at radius 3 is 2.49 bits per heavy atom. The summed E-state index contributed by atoms with van der Waals surface area (Å²) >= 11 is 1.69. The monoisotopic (exact) mass is 534 g/mol. The third-order valence-corrected chi connectivity index (χ3v) is 7.76. The number of nitrogens with zero attached hydrogens (tertiary/aromatic N) is 2. The molecule has 0 aliphatic heterocycles. The van der Waals surface area contributed by atoms with Crippen LogP contribution in [0.25, 0.3) is 22.0 Å². The van der Waals surface area contributed by atoms with Gasteiger partial charge in [0.2, 0.25) is 0 Å². The van der Waals surface area contributed by atoms with Crippen molar-refractivity contribution in [2.24, 2.45) is 5.73 Å². The summed E-state index contributed by atoms with van der Waals surface area (Å²) in [5, 5.41) is 8.64. The van der Waals surface area contributed by atoms with Crippen molar-refractivity contribution in [2.45, 2.75) is 39.4 Å². The standard InChI is InChI=1S/C33H34N4OS/c1-2-3-17-37(33-36-31(23-39-33)30-16-15-27-9-4-5-10-29(27)19-30)22-24-11-13-28(14-12-24)32(38)35-21-26-8-6-7-25(18-26)20-34/h4-16,18-19,23H,2-3,17,20-22,34H2,1H3,(H,35,38). The second-order valence-electron chi connectivity index (χ2n) is 9.76. The van der Waals surface area contributed by atoms with E-state index in [0.717, 1.165) is 59.0 Å². The molecule has 1 aromatic heterocycles. The van der Waals surface area contributed by atoms with Crippen LogP contribution in [0.15, 0.2) is 96.4 Å². The van der Waals surface area contributed by atoms with Crippen LogP contribution in [0.1, 0.15) is 46.8 Å². The Kier molecular flexibility index (Phi) is 8.66. The fourth-order valence-electron chi connectivity index (χ4n) is 4.61. The molecule has 0 unspecified atom stereocenters. The summed E-state index contributed by atoms with van der Waals surface area (Å²) in [5.41, 5.74) is 11.8. The van der Waals surface area contributed by atoms with Gasteiger partial charge in [0.25, 0.3) is 5.91 Å². The first-order valence-corrected chi connectivity index (χ1v) is 14.4. The Morgan fingerprint density at radius 1 is 0.897 bits per heavy atom. The van der Waals surface area contributed by atoms with Crippen molar-refractivity contribution in [3.8, 4) is 11.3 Å². The molecule has 1 amide bonds. The van der Waals surface area contributed by atoms with E-state index in [1.54, 1.807) is 11.3 Å². The van der Waals surface area contributed by atoms with Gasteiger partial charge in [0, 0.05) is 42.7 Å². The molecule has 39 heavy (non-hydrogen) atoms. The van der Waals surface area contributed by atoms with Crippen molar-refractivity contribution in [1.82, 2.24) is 10.3 Å². The molecule has 0 fully saturated rings. The second-order valence-corrected chi connectivity index (χ2v) is 10.6. The third-order valence-electron chi connectivity index (χ3n) is 6.86. The molecule has 0 spiro atoms. The van der Waals surface area contributed by atoms with Crippen molar-refractivity contribution in [2.75, 3.05) is 11.4 Å². The highest BCUT2D eigenvalue weighted by atomic mass is 32.1. The summed E-state index contributed by atoms with van der Waals surface area (Å²) in [6, 6.07) is 30.8. The van der Waals surface area contributed by atoms with Gasteiger partial charge in [-0.25, -0.2) is 4.98 Å². The van der Waals surface area contributed by atoms with Gasteiger partial charge in [-0.1, -0.05) is 86.1 Å². The summed E-state index contributed by atoms with van der Waals surface area (Å²) < 4.78 is 0. The summed E-state index contributed by atoms with van der Waals surface area (Å²) in [6.45, 7) is 4.86. The zero-order valence-corrected chi connectivity index (χ0v) is 23.1. The van der Waals surface area contributed by atoms with Gasteiger partial charge < -0.3 is 16.0 Å². The van der Waals surface area contributed by atoms with Gasteiger partial charge >= 0.3 is 0 Å². The molecule has 5 aromatic rings. The third kappa shape index (κ3) is 6.72. The maximum atomic E-state index is 12.7. The van der Waals surface area contributed by atoms with Crippen molar-refractivity contribution < 1.29 is 4.79 Å². The van der Waals surface area contributed by atoms with Gasteiger partial charge in [0.1, 0.15) is 0 Å². The van der Waals surface area contributed by atoms with Crippen molar-refractivity contribution in [3.63, 3.8) is 0 Å². The lowest BCUT2D eigenvalue weighted by atomic mass is 10.1. The minimum absolute atomic E-state index is 0.0810. The summed E-state index contributed by atoms with van der Waals surface area (Å²) in [5.74, 6) is -0.0810. The van der Waals surface area contributed by atoms with Gasteiger partial charge in [-0.3, -0.25) is 4.79 Å². The topological polar surface area (TPSA) is 71.2 Å². The van der Waals surface area contributed by atoms with E-state index in [1.807, 2.05) is 48.5 Å². The number of fused-ring (bicyclic) bond motifs is 1. The molecule has 5 nitrogen and oxygen atoms in total. The van der Waals surface area contributed by atoms with E-state index in [0.29, 0.717) is 18.7 Å². The molecular formula is C33H34N4OS. The first-order valence-electron chi connectivity index (χ1n) is 13.5. The van der Waals surface area contributed by atoms with Crippen molar-refractivity contribution in [3.05, 3.63) is 119 Å². The highest BCUT2D eigenvalue weighted by Crippen LogP contribution is 2.30. The van der Waals surface area contributed by atoms with Crippen LogP contribution in [0.4, 0.5) is 5.13 Å². The number of rotatable bonds is 11. The number of nitrogens with two attached hydrogens (primary N) is 1. The van der Waals surface area contributed by atoms with Crippen LogP contribution < -0.4 is 16.0 Å². The van der Waals surface area contributed by atoms with Crippen molar-refractivity contribution >= 4 is 33.1 Å². The Morgan fingerprint density at radius 2 is 1.69 bits per heavy atom. The van der Waals surface area contributed by atoms with E-state index in [9.17, 15) is 4.79 Å². The van der Waals surface area contributed by atoms with E-state index in [4.69, 9.17) is 10.7 Å². The number of thiazole rings is 1. The molecule has 5 rings (SSSR count). The van der Waals surface area contributed by atoms with E-state index >= 15 is 0 Å².